The first kappa shape index (κ1) is 19.3. The van der Waals surface area contributed by atoms with Gasteiger partial charge in [0.15, 0.2) is 17.5 Å². The Morgan fingerprint density at radius 1 is 1.07 bits per heavy atom. The molecule has 0 saturated carbocycles. The number of H-pyrrole nitrogens is 1. The van der Waals surface area contributed by atoms with E-state index in [9.17, 15) is 4.79 Å². The monoisotopic (exact) mass is 380 g/mol. The van der Waals surface area contributed by atoms with Crippen molar-refractivity contribution in [3.05, 3.63) is 47.9 Å². The summed E-state index contributed by atoms with van der Waals surface area (Å²) in [7, 11) is 3.71. The third-order valence-corrected chi connectivity index (χ3v) is 3.84. The molecule has 3 aromatic rings. The summed E-state index contributed by atoms with van der Waals surface area (Å²) in [5.74, 6) is 1.76. The van der Waals surface area contributed by atoms with E-state index >= 15 is 0 Å². The maximum atomic E-state index is 12.1. The fourth-order valence-electron chi connectivity index (χ4n) is 2.56. The lowest BCUT2D eigenvalue weighted by Gasteiger charge is -2.14. The number of nitrogens with zero attached hydrogens (tertiary/aromatic N) is 4. The van der Waals surface area contributed by atoms with Gasteiger partial charge in [-0.1, -0.05) is 6.07 Å². The molecule has 0 aliphatic heterocycles. The molecule has 28 heavy (non-hydrogen) atoms. The Bertz CT molecular complexity index is 966. The quantitative estimate of drug-likeness (QED) is 0.499. The van der Waals surface area contributed by atoms with Crippen molar-refractivity contribution in [2.45, 2.75) is 13.8 Å². The molecule has 0 aliphatic carbocycles. The average Bonchev–Trinajstić information content (AvgIpc) is 3.02. The number of aryl methyl sites for hydroxylation is 2. The van der Waals surface area contributed by atoms with Crippen molar-refractivity contribution in [2.75, 3.05) is 36.6 Å². The van der Waals surface area contributed by atoms with Crippen LogP contribution in [0.15, 0.2) is 36.7 Å². The van der Waals surface area contributed by atoms with Crippen LogP contribution in [0.5, 0.6) is 0 Å². The van der Waals surface area contributed by atoms with Crippen molar-refractivity contribution in [3.63, 3.8) is 0 Å². The SMILES string of the molecule is Cc1cc(Nc2cncc(Nc3ccc(C)c(NC(=O)CN(C)C)c3)n2)n[nH]1. The lowest BCUT2D eigenvalue weighted by atomic mass is 10.1. The van der Waals surface area contributed by atoms with E-state index in [0.717, 1.165) is 22.6 Å². The van der Waals surface area contributed by atoms with Gasteiger partial charge in [0.2, 0.25) is 5.91 Å². The van der Waals surface area contributed by atoms with Crippen molar-refractivity contribution < 1.29 is 4.79 Å². The molecular weight excluding hydrogens is 356 g/mol. The summed E-state index contributed by atoms with van der Waals surface area (Å²) in [5, 5.41) is 16.2. The zero-order chi connectivity index (χ0) is 20.1. The molecule has 0 bridgehead atoms. The highest BCUT2D eigenvalue weighted by Gasteiger charge is 2.08. The summed E-state index contributed by atoms with van der Waals surface area (Å²) < 4.78 is 0. The number of aromatic amines is 1. The zero-order valence-corrected chi connectivity index (χ0v) is 16.4. The van der Waals surface area contributed by atoms with E-state index in [-0.39, 0.29) is 5.91 Å². The standard InChI is InChI=1S/C19H24N8O/c1-12-5-6-14(8-15(12)22-19(28)11-27(3)4)21-17-9-20-10-18(24-17)23-16-7-13(2)25-26-16/h5-10H,11H2,1-4H3,(H,22,28)(H3,21,23,24,25,26). The number of likely N-dealkylation sites (N-methyl/N-ethyl adjacent to an activating group) is 1. The van der Waals surface area contributed by atoms with Crippen molar-refractivity contribution in [1.82, 2.24) is 25.1 Å². The van der Waals surface area contributed by atoms with E-state index in [2.05, 4.69) is 36.1 Å². The molecule has 0 aliphatic rings. The van der Waals surface area contributed by atoms with E-state index in [1.807, 2.05) is 57.1 Å². The number of nitrogens with one attached hydrogen (secondary N) is 4. The molecule has 1 amide bonds. The predicted molar refractivity (Wildman–Crippen MR) is 110 cm³/mol. The van der Waals surface area contributed by atoms with Gasteiger partial charge in [-0.25, -0.2) is 4.98 Å². The summed E-state index contributed by atoms with van der Waals surface area (Å²) in [6.07, 6.45) is 3.25. The van der Waals surface area contributed by atoms with Crippen molar-refractivity contribution in [3.8, 4) is 0 Å². The van der Waals surface area contributed by atoms with Gasteiger partial charge in [0.25, 0.3) is 0 Å². The van der Waals surface area contributed by atoms with Crippen LogP contribution in [0.25, 0.3) is 0 Å². The molecule has 1 aromatic carbocycles. The first-order valence-electron chi connectivity index (χ1n) is 8.82. The fraction of sp³-hybridized carbons (Fsp3) is 0.263. The van der Waals surface area contributed by atoms with Crippen molar-refractivity contribution in [1.29, 1.82) is 0 Å². The fourth-order valence-corrected chi connectivity index (χ4v) is 2.56. The highest BCUT2D eigenvalue weighted by atomic mass is 16.2. The number of amides is 1. The van der Waals surface area contributed by atoms with Gasteiger partial charge in [-0.3, -0.25) is 14.9 Å². The number of carbonyl (C=O) groups excluding carboxylic acids is 1. The van der Waals surface area contributed by atoms with Crippen LogP contribution < -0.4 is 16.0 Å². The Balaban J connectivity index is 1.72. The van der Waals surface area contributed by atoms with E-state index in [0.29, 0.717) is 24.0 Å². The van der Waals surface area contributed by atoms with Crippen LogP contribution in [0.1, 0.15) is 11.3 Å². The largest absolute Gasteiger partial charge is 0.339 e. The normalized spacial score (nSPS) is 10.8. The predicted octanol–water partition coefficient (Wildman–Crippen LogP) is 2.80. The second-order valence-electron chi connectivity index (χ2n) is 6.79. The number of rotatable bonds is 7. The topological polar surface area (TPSA) is 111 Å². The third kappa shape index (κ3) is 5.27. The molecule has 0 unspecified atom stereocenters. The maximum Gasteiger partial charge on any atom is 0.238 e. The van der Waals surface area contributed by atoms with Crippen molar-refractivity contribution in [2.24, 2.45) is 0 Å². The molecule has 9 nitrogen and oxygen atoms in total. The van der Waals surface area contributed by atoms with Crippen LogP contribution in [0.2, 0.25) is 0 Å². The molecule has 0 fully saturated rings. The molecule has 3 rings (SSSR count). The Hall–Kier alpha value is -3.46. The van der Waals surface area contributed by atoms with Gasteiger partial charge >= 0.3 is 0 Å². The minimum atomic E-state index is -0.0643. The zero-order valence-electron chi connectivity index (χ0n) is 16.4. The molecule has 0 atom stereocenters. The van der Waals surface area contributed by atoms with E-state index in [1.54, 1.807) is 12.4 Å². The number of aromatic nitrogens is 4. The molecule has 2 aromatic heterocycles. The summed E-state index contributed by atoms with van der Waals surface area (Å²) in [4.78, 5) is 22.6. The number of hydrogen-bond acceptors (Lipinski definition) is 7. The van der Waals surface area contributed by atoms with E-state index in [4.69, 9.17) is 0 Å². The van der Waals surface area contributed by atoms with Gasteiger partial charge in [0.1, 0.15) is 0 Å². The smallest absolute Gasteiger partial charge is 0.238 e. The lowest BCUT2D eigenvalue weighted by Crippen LogP contribution is -2.27. The number of anilines is 5. The minimum absolute atomic E-state index is 0.0643. The van der Waals surface area contributed by atoms with Gasteiger partial charge in [-0.05, 0) is 45.6 Å². The number of benzene rings is 1. The molecule has 9 heteroatoms. The van der Waals surface area contributed by atoms with Crippen LogP contribution in [0.4, 0.5) is 28.8 Å². The molecule has 0 spiro atoms. The Kier molecular flexibility index (Phi) is 5.85. The van der Waals surface area contributed by atoms with Gasteiger partial charge in [0.05, 0.1) is 18.9 Å². The second kappa shape index (κ2) is 8.49. The third-order valence-electron chi connectivity index (χ3n) is 3.84. The Morgan fingerprint density at radius 2 is 1.82 bits per heavy atom. The summed E-state index contributed by atoms with van der Waals surface area (Å²) in [6.45, 7) is 4.20. The summed E-state index contributed by atoms with van der Waals surface area (Å²) >= 11 is 0. The van der Waals surface area contributed by atoms with E-state index in [1.165, 1.54) is 0 Å². The van der Waals surface area contributed by atoms with Gasteiger partial charge in [0, 0.05) is 23.1 Å². The molecule has 0 radical (unpaired) electrons. The van der Waals surface area contributed by atoms with Crippen LogP contribution in [-0.4, -0.2) is 51.6 Å². The lowest BCUT2D eigenvalue weighted by molar-refractivity contribution is -0.116. The van der Waals surface area contributed by atoms with Gasteiger partial charge < -0.3 is 20.9 Å². The van der Waals surface area contributed by atoms with Crippen LogP contribution >= 0.6 is 0 Å². The van der Waals surface area contributed by atoms with E-state index < -0.39 is 0 Å². The Labute approximate surface area is 163 Å². The highest BCUT2D eigenvalue weighted by Crippen LogP contribution is 2.23. The number of carbonyl (C=O) groups is 1. The first-order valence-corrected chi connectivity index (χ1v) is 8.82. The minimum Gasteiger partial charge on any atom is -0.339 e. The molecule has 0 saturated heterocycles. The highest BCUT2D eigenvalue weighted by molar-refractivity contribution is 5.93. The molecule has 146 valence electrons. The molecule has 2 heterocycles. The molecular formula is C19H24N8O. The summed E-state index contributed by atoms with van der Waals surface area (Å²) in [6, 6.07) is 7.62. The van der Waals surface area contributed by atoms with Crippen LogP contribution in [0.3, 0.4) is 0 Å². The summed E-state index contributed by atoms with van der Waals surface area (Å²) in [5.41, 5.74) is 3.49. The molecule has 4 N–H and O–H groups in total. The van der Waals surface area contributed by atoms with Gasteiger partial charge in [-0.15, -0.1) is 0 Å². The second-order valence-corrected chi connectivity index (χ2v) is 6.79. The van der Waals surface area contributed by atoms with Crippen molar-refractivity contribution >= 4 is 34.7 Å². The first-order chi connectivity index (χ1) is 13.4. The Morgan fingerprint density at radius 3 is 2.50 bits per heavy atom. The van der Waals surface area contributed by atoms with Crippen LogP contribution in [0, 0.1) is 13.8 Å². The van der Waals surface area contributed by atoms with Gasteiger partial charge in [-0.2, -0.15) is 5.10 Å². The maximum absolute atomic E-state index is 12.1. The van der Waals surface area contributed by atoms with Crippen LogP contribution in [-0.2, 0) is 4.79 Å². The number of hydrogen-bond donors (Lipinski definition) is 4. The average molecular weight is 380 g/mol.